The fraction of sp³-hybridized carbons (Fsp3) is 0.500. The minimum atomic E-state index is -0.619. The van der Waals surface area contributed by atoms with Crippen LogP contribution in [0.15, 0.2) is 18.7 Å². The number of aliphatic hydroxyl groups is 1. The van der Waals surface area contributed by atoms with E-state index in [1.807, 2.05) is 0 Å². The molecule has 0 aromatic carbocycles. The Morgan fingerprint density at radius 2 is 2.24 bits per heavy atom. The highest BCUT2D eigenvalue weighted by Gasteiger charge is 2.14. The Kier molecular flexibility index (Phi) is 5.01. The molecule has 21 heavy (non-hydrogen) atoms. The average Bonchev–Trinajstić information content (AvgIpc) is 3.01. The molecule has 2 heterocycles. The van der Waals surface area contributed by atoms with Gasteiger partial charge in [0.15, 0.2) is 0 Å². The van der Waals surface area contributed by atoms with Crippen molar-refractivity contribution in [2.24, 2.45) is 0 Å². The molecule has 2 N–H and O–H groups in total. The number of rotatable bonds is 7. The lowest BCUT2D eigenvalue weighted by Crippen LogP contribution is -2.33. The van der Waals surface area contributed by atoms with Crippen LogP contribution in [-0.4, -0.2) is 70.1 Å². The van der Waals surface area contributed by atoms with Gasteiger partial charge in [0.25, 0.3) is 0 Å². The van der Waals surface area contributed by atoms with Crippen LogP contribution in [0.2, 0.25) is 0 Å². The molecular weight excluding hydrogens is 274 g/mol. The van der Waals surface area contributed by atoms with E-state index in [1.54, 1.807) is 49.4 Å². The van der Waals surface area contributed by atoms with Crippen molar-refractivity contribution in [1.29, 1.82) is 0 Å². The summed E-state index contributed by atoms with van der Waals surface area (Å²) in [5.41, 5.74) is 0. The summed E-state index contributed by atoms with van der Waals surface area (Å²) in [6.07, 6.45) is 4.39. The van der Waals surface area contributed by atoms with Crippen molar-refractivity contribution >= 4 is 11.9 Å². The molecule has 0 aliphatic heterocycles. The topological polar surface area (TPSA) is 101 Å². The molecule has 2 aromatic heterocycles. The summed E-state index contributed by atoms with van der Waals surface area (Å²) >= 11 is 0. The van der Waals surface area contributed by atoms with E-state index in [1.165, 1.54) is 0 Å². The number of anilines is 2. The van der Waals surface area contributed by atoms with Crippen molar-refractivity contribution in [3.8, 4) is 5.95 Å². The highest BCUT2D eigenvalue weighted by Crippen LogP contribution is 2.12. The Labute approximate surface area is 122 Å². The second kappa shape index (κ2) is 6.95. The van der Waals surface area contributed by atoms with E-state index in [2.05, 4.69) is 25.3 Å². The van der Waals surface area contributed by atoms with Crippen molar-refractivity contribution in [2.75, 3.05) is 44.6 Å². The second-order valence-electron chi connectivity index (χ2n) is 4.47. The Hall–Kier alpha value is -2.26. The normalized spacial score (nSPS) is 12.2. The molecule has 2 aromatic rings. The Morgan fingerprint density at radius 3 is 2.86 bits per heavy atom. The van der Waals surface area contributed by atoms with Crippen LogP contribution in [0.4, 0.5) is 11.9 Å². The van der Waals surface area contributed by atoms with Gasteiger partial charge in [-0.05, 0) is 0 Å². The van der Waals surface area contributed by atoms with Gasteiger partial charge in [0.05, 0.1) is 12.7 Å². The lowest BCUT2D eigenvalue weighted by Gasteiger charge is -2.21. The SMILES string of the molecule is CNc1nc(N(C)CC(O)COC)nc(-n2ccnc2)n1. The summed E-state index contributed by atoms with van der Waals surface area (Å²) in [6, 6.07) is 0. The Morgan fingerprint density at radius 1 is 1.43 bits per heavy atom. The van der Waals surface area contributed by atoms with Crippen LogP contribution in [0.5, 0.6) is 0 Å². The molecule has 0 aliphatic rings. The van der Waals surface area contributed by atoms with Gasteiger partial charge >= 0.3 is 0 Å². The summed E-state index contributed by atoms with van der Waals surface area (Å²) in [5.74, 6) is 1.35. The molecule has 9 nitrogen and oxygen atoms in total. The molecule has 0 saturated heterocycles. The molecule has 1 atom stereocenters. The summed E-state index contributed by atoms with van der Waals surface area (Å²) in [6.45, 7) is 0.604. The molecule has 1 unspecified atom stereocenters. The van der Waals surface area contributed by atoms with E-state index in [4.69, 9.17) is 4.74 Å². The van der Waals surface area contributed by atoms with Crippen molar-refractivity contribution in [3.05, 3.63) is 18.7 Å². The predicted molar refractivity (Wildman–Crippen MR) is 77.6 cm³/mol. The lowest BCUT2D eigenvalue weighted by molar-refractivity contribution is 0.0693. The van der Waals surface area contributed by atoms with Crippen molar-refractivity contribution in [3.63, 3.8) is 0 Å². The summed E-state index contributed by atoms with van der Waals surface area (Å²) in [4.78, 5) is 18.6. The van der Waals surface area contributed by atoms with Crippen LogP contribution in [0.25, 0.3) is 5.95 Å². The third kappa shape index (κ3) is 3.86. The maximum absolute atomic E-state index is 9.79. The van der Waals surface area contributed by atoms with E-state index in [0.717, 1.165) is 0 Å². The number of ether oxygens (including phenoxy) is 1. The minimum absolute atomic E-state index is 0.253. The minimum Gasteiger partial charge on any atom is -0.389 e. The van der Waals surface area contributed by atoms with Crippen LogP contribution in [0, 0.1) is 0 Å². The first-order chi connectivity index (χ1) is 10.1. The predicted octanol–water partition coefficient (Wildman–Crippen LogP) is -0.457. The monoisotopic (exact) mass is 293 g/mol. The van der Waals surface area contributed by atoms with E-state index in [-0.39, 0.29) is 6.61 Å². The molecule has 0 amide bonds. The van der Waals surface area contributed by atoms with Gasteiger partial charge in [-0.1, -0.05) is 0 Å². The molecule has 0 fully saturated rings. The van der Waals surface area contributed by atoms with Gasteiger partial charge in [0, 0.05) is 40.1 Å². The van der Waals surface area contributed by atoms with E-state index < -0.39 is 6.10 Å². The zero-order valence-corrected chi connectivity index (χ0v) is 12.3. The lowest BCUT2D eigenvalue weighted by atomic mass is 10.3. The van der Waals surface area contributed by atoms with Crippen molar-refractivity contribution in [1.82, 2.24) is 24.5 Å². The van der Waals surface area contributed by atoms with Gasteiger partial charge in [0.2, 0.25) is 17.8 Å². The molecule has 0 aliphatic carbocycles. The first kappa shape index (κ1) is 15.1. The third-order valence-electron chi connectivity index (χ3n) is 2.76. The molecular formula is C12H19N7O2. The van der Waals surface area contributed by atoms with Gasteiger partial charge < -0.3 is 20.1 Å². The van der Waals surface area contributed by atoms with Crippen molar-refractivity contribution in [2.45, 2.75) is 6.10 Å². The Balaban J connectivity index is 2.24. The second-order valence-corrected chi connectivity index (χ2v) is 4.47. The fourth-order valence-corrected chi connectivity index (χ4v) is 1.77. The van der Waals surface area contributed by atoms with Crippen molar-refractivity contribution < 1.29 is 9.84 Å². The van der Waals surface area contributed by atoms with Gasteiger partial charge in [-0.3, -0.25) is 4.57 Å². The number of nitrogens with one attached hydrogen (secondary N) is 1. The van der Waals surface area contributed by atoms with E-state index in [9.17, 15) is 5.11 Å². The largest absolute Gasteiger partial charge is 0.389 e. The highest BCUT2D eigenvalue weighted by atomic mass is 16.5. The molecule has 2 rings (SSSR count). The van der Waals surface area contributed by atoms with E-state index >= 15 is 0 Å². The van der Waals surface area contributed by atoms with Crippen LogP contribution < -0.4 is 10.2 Å². The summed E-state index contributed by atoms with van der Waals surface area (Å²) in [7, 11) is 5.07. The zero-order chi connectivity index (χ0) is 15.2. The van der Waals surface area contributed by atoms with Crippen LogP contribution in [0.3, 0.4) is 0 Å². The summed E-state index contributed by atoms with van der Waals surface area (Å²) < 4.78 is 6.60. The highest BCUT2D eigenvalue weighted by molar-refractivity contribution is 5.39. The first-order valence-corrected chi connectivity index (χ1v) is 6.44. The number of hydrogen-bond acceptors (Lipinski definition) is 8. The molecule has 0 spiro atoms. The quantitative estimate of drug-likeness (QED) is 0.707. The van der Waals surface area contributed by atoms with Gasteiger partial charge in [-0.2, -0.15) is 15.0 Å². The van der Waals surface area contributed by atoms with Gasteiger partial charge in [-0.25, -0.2) is 4.98 Å². The molecule has 9 heteroatoms. The zero-order valence-electron chi connectivity index (χ0n) is 12.3. The number of nitrogens with zero attached hydrogens (tertiary/aromatic N) is 6. The summed E-state index contributed by atoms with van der Waals surface area (Å²) in [5, 5.41) is 12.7. The Bertz CT molecular complexity index is 561. The number of imidazole rings is 1. The first-order valence-electron chi connectivity index (χ1n) is 6.44. The standard InChI is InChI=1S/C12H19N7O2/c1-13-10-15-11(18(2)6-9(20)7-21-3)17-12(16-10)19-5-4-14-8-19/h4-5,8-9,20H,6-7H2,1-3H3,(H,13,15,16,17). The van der Waals surface area contributed by atoms with Gasteiger partial charge in [0.1, 0.15) is 6.33 Å². The smallest absolute Gasteiger partial charge is 0.241 e. The third-order valence-corrected chi connectivity index (χ3v) is 2.76. The number of methoxy groups -OCH3 is 1. The number of aromatic nitrogens is 5. The molecule has 0 bridgehead atoms. The van der Waals surface area contributed by atoms with E-state index in [0.29, 0.717) is 24.4 Å². The van der Waals surface area contributed by atoms with Crippen LogP contribution in [0.1, 0.15) is 0 Å². The number of aliphatic hydroxyl groups excluding tert-OH is 1. The maximum Gasteiger partial charge on any atom is 0.241 e. The van der Waals surface area contributed by atoms with Gasteiger partial charge in [-0.15, -0.1) is 0 Å². The van der Waals surface area contributed by atoms with Crippen LogP contribution in [-0.2, 0) is 4.74 Å². The number of likely N-dealkylation sites (N-methyl/N-ethyl adjacent to an activating group) is 1. The van der Waals surface area contributed by atoms with Crippen LogP contribution >= 0.6 is 0 Å². The molecule has 0 saturated carbocycles. The number of hydrogen-bond donors (Lipinski definition) is 2. The molecule has 114 valence electrons. The maximum atomic E-state index is 9.79. The fourth-order valence-electron chi connectivity index (χ4n) is 1.77. The molecule has 0 radical (unpaired) electrons. The average molecular weight is 293 g/mol.